The first-order valence-corrected chi connectivity index (χ1v) is 4.31. The molecule has 0 spiro atoms. The fourth-order valence-corrected chi connectivity index (χ4v) is 1.04. The molecular formula is C8H18N2O2. The van der Waals surface area contributed by atoms with E-state index in [1.165, 1.54) is 0 Å². The summed E-state index contributed by atoms with van der Waals surface area (Å²) in [5, 5.41) is 14.6. The molecule has 0 fully saturated rings. The van der Waals surface area contributed by atoms with Crippen LogP contribution < -0.4 is 10.6 Å². The lowest BCUT2D eigenvalue weighted by atomic mass is 10.1. The van der Waals surface area contributed by atoms with Crippen LogP contribution in [0, 0.1) is 0 Å². The lowest BCUT2D eigenvalue weighted by Crippen LogP contribution is -2.46. The van der Waals surface area contributed by atoms with Gasteiger partial charge in [-0.25, -0.2) is 0 Å². The van der Waals surface area contributed by atoms with Crippen molar-refractivity contribution >= 4 is 6.41 Å². The van der Waals surface area contributed by atoms with Crippen LogP contribution in [0.1, 0.15) is 26.2 Å². The molecular weight excluding hydrogens is 156 g/mol. The molecule has 0 heterocycles. The molecule has 3 N–H and O–H groups in total. The number of likely N-dealkylation sites (N-methyl/N-ethyl adjacent to an activating group) is 1. The lowest BCUT2D eigenvalue weighted by molar-refractivity contribution is -0.111. The highest BCUT2D eigenvalue weighted by atomic mass is 16.3. The van der Waals surface area contributed by atoms with Crippen molar-refractivity contribution < 1.29 is 9.90 Å². The summed E-state index contributed by atoms with van der Waals surface area (Å²) in [5.41, 5.74) is 0. The van der Waals surface area contributed by atoms with Crippen molar-refractivity contribution in [2.24, 2.45) is 0 Å². The van der Waals surface area contributed by atoms with Crippen LogP contribution in [0.4, 0.5) is 0 Å². The molecule has 0 aliphatic rings. The quantitative estimate of drug-likeness (QED) is 0.371. The van der Waals surface area contributed by atoms with E-state index in [1.54, 1.807) is 7.05 Å². The molecule has 1 amide bonds. The predicted octanol–water partition coefficient (Wildman–Crippen LogP) is -0.171. The monoisotopic (exact) mass is 174 g/mol. The minimum atomic E-state index is -0.651. The van der Waals surface area contributed by atoms with E-state index in [2.05, 4.69) is 17.6 Å². The maximum absolute atomic E-state index is 10.1. The SMILES string of the molecule is CCCC[C@H](NC=O)C(O)NC. The van der Waals surface area contributed by atoms with Crippen LogP contribution in [0.5, 0.6) is 0 Å². The first kappa shape index (κ1) is 11.4. The van der Waals surface area contributed by atoms with Crippen molar-refractivity contribution in [3.8, 4) is 0 Å². The normalized spacial score (nSPS) is 15.2. The van der Waals surface area contributed by atoms with Crippen LogP contribution in [0.15, 0.2) is 0 Å². The highest BCUT2D eigenvalue weighted by Gasteiger charge is 2.14. The number of amides is 1. The average Bonchev–Trinajstić information content (AvgIpc) is 2.11. The molecule has 12 heavy (non-hydrogen) atoms. The third-order valence-corrected chi connectivity index (χ3v) is 1.83. The number of aliphatic hydroxyl groups is 1. The number of carbonyl (C=O) groups is 1. The number of aliphatic hydroxyl groups excluding tert-OH is 1. The molecule has 4 nitrogen and oxygen atoms in total. The number of rotatable bonds is 7. The zero-order valence-electron chi connectivity index (χ0n) is 7.71. The maximum atomic E-state index is 10.1. The van der Waals surface area contributed by atoms with Gasteiger partial charge in [0.2, 0.25) is 6.41 Å². The first-order chi connectivity index (χ1) is 5.76. The largest absolute Gasteiger partial charge is 0.376 e. The number of hydrogen-bond donors (Lipinski definition) is 3. The Morgan fingerprint density at radius 3 is 2.67 bits per heavy atom. The minimum absolute atomic E-state index is 0.174. The Labute approximate surface area is 73.3 Å². The predicted molar refractivity (Wildman–Crippen MR) is 47.6 cm³/mol. The van der Waals surface area contributed by atoms with Crippen molar-refractivity contribution in [1.29, 1.82) is 0 Å². The van der Waals surface area contributed by atoms with Gasteiger partial charge in [-0.2, -0.15) is 0 Å². The summed E-state index contributed by atoms with van der Waals surface area (Å²) in [6, 6.07) is -0.174. The van der Waals surface area contributed by atoms with Gasteiger partial charge in [-0.05, 0) is 13.5 Å². The topological polar surface area (TPSA) is 61.4 Å². The molecule has 0 aromatic carbocycles. The smallest absolute Gasteiger partial charge is 0.207 e. The van der Waals surface area contributed by atoms with Crippen molar-refractivity contribution in [2.75, 3.05) is 7.05 Å². The molecule has 2 atom stereocenters. The third kappa shape index (κ3) is 4.31. The highest BCUT2D eigenvalue weighted by Crippen LogP contribution is 2.02. The molecule has 0 saturated carbocycles. The standard InChI is InChI=1S/C8H18N2O2/c1-3-4-5-7(10-6-11)8(12)9-2/h6-9,12H,3-5H2,1-2H3,(H,10,11)/t7-,8?/m0/s1. The molecule has 0 aliphatic heterocycles. The van der Waals surface area contributed by atoms with Gasteiger partial charge in [0.1, 0.15) is 6.23 Å². The number of hydrogen-bond acceptors (Lipinski definition) is 3. The molecule has 4 heteroatoms. The second-order valence-electron chi connectivity index (χ2n) is 2.77. The van der Waals surface area contributed by atoms with E-state index in [0.29, 0.717) is 6.41 Å². The molecule has 0 saturated heterocycles. The second-order valence-corrected chi connectivity index (χ2v) is 2.77. The molecule has 72 valence electrons. The Kier molecular flexibility index (Phi) is 6.70. The van der Waals surface area contributed by atoms with Crippen molar-refractivity contribution in [3.05, 3.63) is 0 Å². The van der Waals surface area contributed by atoms with Gasteiger partial charge in [-0.1, -0.05) is 19.8 Å². The summed E-state index contributed by atoms with van der Waals surface area (Å²) in [6.45, 7) is 2.07. The molecule has 0 aromatic rings. The fourth-order valence-electron chi connectivity index (χ4n) is 1.04. The Morgan fingerprint density at radius 1 is 1.58 bits per heavy atom. The highest BCUT2D eigenvalue weighted by molar-refractivity contribution is 5.46. The molecule has 0 aromatic heterocycles. The summed E-state index contributed by atoms with van der Waals surface area (Å²) in [4.78, 5) is 10.1. The van der Waals surface area contributed by atoms with Crippen LogP contribution in [0.2, 0.25) is 0 Å². The van der Waals surface area contributed by atoms with Crippen LogP contribution in [0.3, 0.4) is 0 Å². The van der Waals surface area contributed by atoms with Gasteiger partial charge in [-0.15, -0.1) is 0 Å². The van der Waals surface area contributed by atoms with E-state index in [9.17, 15) is 9.90 Å². The minimum Gasteiger partial charge on any atom is -0.376 e. The van der Waals surface area contributed by atoms with Crippen molar-refractivity contribution in [1.82, 2.24) is 10.6 Å². The van der Waals surface area contributed by atoms with Gasteiger partial charge in [-0.3, -0.25) is 10.1 Å². The molecule has 0 radical (unpaired) electrons. The van der Waals surface area contributed by atoms with E-state index in [-0.39, 0.29) is 6.04 Å². The van der Waals surface area contributed by atoms with E-state index in [4.69, 9.17) is 0 Å². The maximum Gasteiger partial charge on any atom is 0.207 e. The molecule has 0 aliphatic carbocycles. The van der Waals surface area contributed by atoms with Gasteiger partial charge < -0.3 is 10.4 Å². The Morgan fingerprint density at radius 2 is 2.25 bits per heavy atom. The van der Waals surface area contributed by atoms with Crippen LogP contribution in [0.25, 0.3) is 0 Å². The summed E-state index contributed by atoms with van der Waals surface area (Å²) < 4.78 is 0. The van der Waals surface area contributed by atoms with Crippen LogP contribution >= 0.6 is 0 Å². The number of carbonyl (C=O) groups excluding carboxylic acids is 1. The summed E-state index contributed by atoms with van der Waals surface area (Å²) >= 11 is 0. The summed E-state index contributed by atoms with van der Waals surface area (Å²) in [6.07, 6.45) is 2.84. The zero-order valence-corrected chi connectivity index (χ0v) is 7.71. The van der Waals surface area contributed by atoms with Crippen molar-refractivity contribution in [2.45, 2.75) is 38.5 Å². The van der Waals surface area contributed by atoms with Crippen LogP contribution in [-0.4, -0.2) is 30.8 Å². The van der Waals surface area contributed by atoms with Crippen LogP contribution in [-0.2, 0) is 4.79 Å². The van der Waals surface area contributed by atoms with E-state index in [1.807, 2.05) is 0 Å². The number of unbranched alkanes of at least 4 members (excludes halogenated alkanes) is 1. The first-order valence-electron chi connectivity index (χ1n) is 4.31. The van der Waals surface area contributed by atoms with Gasteiger partial charge >= 0.3 is 0 Å². The van der Waals surface area contributed by atoms with E-state index < -0.39 is 6.23 Å². The average molecular weight is 174 g/mol. The van der Waals surface area contributed by atoms with Crippen molar-refractivity contribution in [3.63, 3.8) is 0 Å². The molecule has 0 bridgehead atoms. The Bertz CT molecular complexity index is 120. The van der Waals surface area contributed by atoms with E-state index >= 15 is 0 Å². The zero-order chi connectivity index (χ0) is 9.40. The summed E-state index contributed by atoms with van der Waals surface area (Å²) in [5.74, 6) is 0. The van der Waals surface area contributed by atoms with Gasteiger partial charge in [0, 0.05) is 0 Å². The number of nitrogens with one attached hydrogen (secondary N) is 2. The fraction of sp³-hybridized carbons (Fsp3) is 0.875. The molecule has 0 rings (SSSR count). The summed E-state index contributed by atoms with van der Waals surface area (Å²) in [7, 11) is 1.66. The second kappa shape index (κ2) is 7.06. The lowest BCUT2D eigenvalue weighted by Gasteiger charge is -2.21. The Balaban J connectivity index is 3.75. The van der Waals surface area contributed by atoms with Gasteiger partial charge in [0.05, 0.1) is 6.04 Å². The van der Waals surface area contributed by atoms with Gasteiger partial charge in [0.25, 0.3) is 0 Å². The van der Waals surface area contributed by atoms with E-state index in [0.717, 1.165) is 19.3 Å². The molecule has 1 unspecified atom stereocenters. The Hall–Kier alpha value is -0.610. The third-order valence-electron chi connectivity index (χ3n) is 1.83. The van der Waals surface area contributed by atoms with Gasteiger partial charge in [0.15, 0.2) is 0 Å².